The van der Waals surface area contributed by atoms with Crippen LogP contribution in [-0.4, -0.2) is 16.3 Å². The zero-order valence-electron chi connectivity index (χ0n) is 51.1. The van der Waals surface area contributed by atoms with Gasteiger partial charge in [-0.2, -0.15) is 0 Å². The van der Waals surface area contributed by atoms with Crippen LogP contribution in [0.2, 0.25) is 0 Å². The zero-order chi connectivity index (χ0) is 53.5. The van der Waals surface area contributed by atoms with Gasteiger partial charge >= 0.3 is 7.60 Å². The number of unbranched alkanes of at least 4 members (excludes halogenated alkanes) is 32. The van der Waals surface area contributed by atoms with Crippen LogP contribution in [0.5, 0.6) is 5.75 Å². The molecule has 0 heterocycles. The number of hydrogen-bond donors (Lipinski definition) is 1. The highest BCUT2D eigenvalue weighted by Gasteiger charge is 2.45. The van der Waals surface area contributed by atoms with Gasteiger partial charge in [0.1, 0.15) is 5.75 Å². The third-order valence-corrected chi connectivity index (χ3v) is 18.3. The van der Waals surface area contributed by atoms with E-state index >= 15 is 4.57 Å². The van der Waals surface area contributed by atoms with Crippen LogP contribution in [0.4, 0.5) is 0 Å². The fraction of sp³-hybridized carbons (Fsp3) is 0.910. The highest BCUT2D eigenvalue weighted by molar-refractivity contribution is 7.53. The summed E-state index contributed by atoms with van der Waals surface area (Å²) in [5.41, 5.74) is 1.29. The molecule has 1 aromatic rings. The summed E-state index contributed by atoms with van der Waals surface area (Å²) in [5, 5.41) is 12.0. The van der Waals surface area contributed by atoms with Crippen molar-refractivity contribution in [2.24, 2.45) is 0 Å². The second-order valence-corrected chi connectivity index (χ2v) is 27.6. The first-order valence-electron chi connectivity index (χ1n) is 32.4. The van der Waals surface area contributed by atoms with Crippen molar-refractivity contribution in [2.75, 3.05) is 0 Å². The minimum Gasteiger partial charge on any atom is -0.507 e. The lowest BCUT2D eigenvalue weighted by Gasteiger charge is -2.43. The molecule has 1 aromatic carbocycles. The molecule has 0 radical (unpaired) electrons. The molecule has 4 nitrogen and oxygen atoms in total. The van der Waals surface area contributed by atoms with Gasteiger partial charge < -0.3 is 14.2 Å². The lowest BCUT2D eigenvalue weighted by Crippen LogP contribution is -2.37. The van der Waals surface area contributed by atoms with Gasteiger partial charge in [-0.3, -0.25) is 4.57 Å². The third kappa shape index (κ3) is 32.0. The number of rotatable bonds is 50. The summed E-state index contributed by atoms with van der Waals surface area (Å²) in [6.45, 7) is 27.1. The molecule has 0 bridgehead atoms. The number of benzene rings is 1. The number of phenolic OH excluding ortho intramolecular Hbond substituents is 1. The van der Waals surface area contributed by atoms with Gasteiger partial charge in [-0.25, -0.2) is 0 Å². The first-order valence-corrected chi connectivity index (χ1v) is 34.1. The molecule has 0 aliphatic carbocycles. The van der Waals surface area contributed by atoms with Crippen molar-refractivity contribution >= 4 is 7.60 Å². The smallest absolute Gasteiger partial charge is 0.336 e. The lowest BCUT2D eigenvalue weighted by molar-refractivity contribution is -0.0295. The van der Waals surface area contributed by atoms with Crippen LogP contribution < -0.4 is 0 Å². The van der Waals surface area contributed by atoms with E-state index in [0.29, 0.717) is 5.75 Å². The van der Waals surface area contributed by atoms with Crippen LogP contribution in [0.3, 0.4) is 0 Å². The molecule has 5 heteroatoms. The largest absolute Gasteiger partial charge is 0.507 e. The molecule has 0 saturated heterocycles. The summed E-state index contributed by atoms with van der Waals surface area (Å²) in [5.74, 6) is 0.384. The van der Waals surface area contributed by atoms with Crippen molar-refractivity contribution in [3.05, 3.63) is 28.8 Å². The molecular formula is C67H129O4P. The SMILES string of the molecule is CCCCCCCCCC(CCCCCCCC)(CCCCCCCC)OP(=O)(Cc1cc(C(C)(C)C)c(O)c(C(C)(C)C)c1)OC(CCCCCCCC)(CCCCCCCC)CCCCCCCCC. The number of aromatic hydroxyl groups is 1. The summed E-state index contributed by atoms with van der Waals surface area (Å²) in [4.78, 5) is 0. The van der Waals surface area contributed by atoms with Crippen molar-refractivity contribution in [3.8, 4) is 5.75 Å². The van der Waals surface area contributed by atoms with Gasteiger partial charge in [0.15, 0.2) is 0 Å². The Labute approximate surface area is 452 Å². The Balaban J connectivity index is 4.23. The Morgan fingerprint density at radius 2 is 0.542 bits per heavy atom. The quantitative estimate of drug-likeness (QED) is 0.0522. The zero-order valence-corrected chi connectivity index (χ0v) is 52.0. The Morgan fingerprint density at radius 1 is 0.347 bits per heavy atom. The van der Waals surface area contributed by atoms with E-state index in [2.05, 4.69) is 95.2 Å². The van der Waals surface area contributed by atoms with Crippen molar-refractivity contribution in [1.82, 2.24) is 0 Å². The first-order chi connectivity index (χ1) is 34.5. The molecule has 1 N–H and O–H groups in total. The molecule has 426 valence electrons. The third-order valence-electron chi connectivity index (χ3n) is 16.2. The first kappa shape index (κ1) is 69.2. The van der Waals surface area contributed by atoms with E-state index in [1.807, 2.05) is 0 Å². The van der Waals surface area contributed by atoms with E-state index in [1.54, 1.807) is 0 Å². The second-order valence-electron chi connectivity index (χ2n) is 25.7. The van der Waals surface area contributed by atoms with Crippen molar-refractivity contribution in [3.63, 3.8) is 0 Å². The second kappa shape index (κ2) is 41.3. The van der Waals surface area contributed by atoms with E-state index in [4.69, 9.17) is 9.05 Å². The van der Waals surface area contributed by atoms with Crippen LogP contribution in [0.25, 0.3) is 0 Å². The van der Waals surface area contributed by atoms with E-state index in [0.717, 1.165) is 93.7 Å². The Bertz CT molecular complexity index is 1320. The van der Waals surface area contributed by atoms with Gasteiger partial charge in [-0.15, -0.1) is 0 Å². The minimum absolute atomic E-state index is 0.261. The molecule has 0 unspecified atom stereocenters. The van der Waals surface area contributed by atoms with Crippen LogP contribution in [0.15, 0.2) is 12.1 Å². The molecule has 1 rings (SSSR count). The lowest BCUT2D eigenvalue weighted by atomic mass is 9.78. The Hall–Kier alpha value is -0.830. The summed E-state index contributed by atoms with van der Waals surface area (Å²) in [6.07, 6.45) is 53.6. The van der Waals surface area contributed by atoms with E-state index in [9.17, 15) is 5.11 Å². The predicted octanol–water partition coefficient (Wildman–Crippen LogP) is 24.5. The molecule has 0 saturated carbocycles. The molecule has 0 aliphatic heterocycles. The van der Waals surface area contributed by atoms with Gasteiger partial charge in [0.2, 0.25) is 0 Å². The molecule has 0 atom stereocenters. The van der Waals surface area contributed by atoms with E-state index < -0.39 is 18.8 Å². The van der Waals surface area contributed by atoms with Crippen molar-refractivity contribution < 1.29 is 18.7 Å². The maximum absolute atomic E-state index is 17.2. The summed E-state index contributed by atoms with van der Waals surface area (Å²) in [7, 11) is -3.83. The average Bonchev–Trinajstić information content (AvgIpc) is 3.32. The molecule has 0 fully saturated rings. The highest BCUT2D eigenvalue weighted by Crippen LogP contribution is 2.62. The summed E-state index contributed by atoms with van der Waals surface area (Å²) in [6, 6.07) is 4.37. The maximum Gasteiger partial charge on any atom is 0.336 e. The predicted molar refractivity (Wildman–Crippen MR) is 322 cm³/mol. The van der Waals surface area contributed by atoms with E-state index in [-0.39, 0.29) is 17.0 Å². The molecular weight excluding hydrogens is 900 g/mol. The standard InChI is InChI=1S/C67H129O4P/c1-13-19-25-31-37-43-49-55-66(51-45-39-33-27-21-15-3,52-46-40-34-28-22-16-4)70-72(69,59-60-57-61(64(7,8)9)63(68)62(58-60)65(10,11)12)71-67(53-47-41-35-29-23-17-5,54-48-42-36-30-24-18-6)56-50-44-38-32-26-20-14-2/h57-58,68H,13-56,59H2,1-12H3. The average molecular weight is 1030 g/mol. The Morgan fingerprint density at radius 3 is 0.736 bits per heavy atom. The van der Waals surface area contributed by atoms with Gasteiger partial charge in [-0.1, -0.05) is 339 Å². The highest BCUT2D eigenvalue weighted by atomic mass is 31.2. The number of hydrogen-bond acceptors (Lipinski definition) is 4. The number of phenols is 1. The van der Waals surface area contributed by atoms with E-state index in [1.165, 1.54) is 205 Å². The van der Waals surface area contributed by atoms with Gasteiger partial charge in [0.25, 0.3) is 0 Å². The van der Waals surface area contributed by atoms with Gasteiger partial charge in [-0.05, 0) is 66.0 Å². The van der Waals surface area contributed by atoms with Crippen LogP contribution in [0, 0.1) is 0 Å². The molecule has 0 aromatic heterocycles. The van der Waals surface area contributed by atoms with Gasteiger partial charge in [0, 0.05) is 0 Å². The fourth-order valence-electron chi connectivity index (χ4n) is 11.6. The van der Waals surface area contributed by atoms with Crippen molar-refractivity contribution in [1.29, 1.82) is 0 Å². The topological polar surface area (TPSA) is 55.8 Å². The molecule has 0 spiro atoms. The normalized spacial score (nSPS) is 12.9. The fourth-order valence-corrected chi connectivity index (χ4v) is 14.1. The van der Waals surface area contributed by atoms with Crippen LogP contribution in [0.1, 0.15) is 382 Å². The molecule has 0 amide bonds. The minimum atomic E-state index is -3.83. The van der Waals surface area contributed by atoms with Gasteiger partial charge in [0.05, 0.1) is 17.4 Å². The van der Waals surface area contributed by atoms with Crippen LogP contribution >= 0.6 is 7.60 Å². The van der Waals surface area contributed by atoms with Crippen LogP contribution in [-0.2, 0) is 30.6 Å². The van der Waals surface area contributed by atoms with Crippen molar-refractivity contribution in [2.45, 2.75) is 394 Å². The monoisotopic (exact) mass is 1030 g/mol. The maximum atomic E-state index is 17.2. The summed E-state index contributed by atoms with van der Waals surface area (Å²) >= 11 is 0. The summed E-state index contributed by atoms with van der Waals surface area (Å²) < 4.78 is 33.1. The molecule has 0 aliphatic rings. The Kier molecular flexibility index (Phi) is 39.7. The molecule has 72 heavy (non-hydrogen) atoms.